The molecule has 1 fully saturated rings. The van der Waals surface area contributed by atoms with Crippen LogP contribution in [0.3, 0.4) is 0 Å². The fourth-order valence-electron chi connectivity index (χ4n) is 3.27. The molecule has 0 bridgehead atoms. The van der Waals surface area contributed by atoms with Gasteiger partial charge >= 0.3 is 0 Å². The normalized spacial score (nSPS) is 16.7. The maximum absolute atomic E-state index is 13.8. The Kier molecular flexibility index (Phi) is 7.63. The standard InChI is InChI=1S/C25H21BrClFN2O2S/c1-2-15-7-9-18(10-8-15)29-25-30-24(31)22(33-25)13-16-11-19(26)23(20(27)12-16)32-14-17-5-3-4-6-21(17)28/h3-13,25,29H,2,14H2,1H3,(H,30,31)/b22-13-/t25-/m1/s1. The van der Waals surface area contributed by atoms with Crippen LogP contribution in [0.1, 0.15) is 23.6 Å². The summed E-state index contributed by atoms with van der Waals surface area (Å²) in [5, 5.41) is 6.60. The number of halogens is 3. The minimum atomic E-state index is -0.333. The molecule has 0 saturated carbocycles. The number of amides is 1. The molecule has 1 aliphatic heterocycles. The van der Waals surface area contributed by atoms with Crippen LogP contribution in [0.5, 0.6) is 5.75 Å². The lowest BCUT2D eigenvalue weighted by Gasteiger charge is -2.13. The molecule has 1 heterocycles. The fraction of sp³-hybridized carbons (Fsp3) is 0.160. The Balaban J connectivity index is 1.44. The van der Waals surface area contributed by atoms with Crippen molar-refractivity contribution in [2.75, 3.05) is 5.32 Å². The van der Waals surface area contributed by atoms with Gasteiger partial charge in [0.1, 0.15) is 12.4 Å². The second-order valence-corrected chi connectivity index (χ2v) is 9.78. The van der Waals surface area contributed by atoms with Crippen molar-refractivity contribution in [3.63, 3.8) is 0 Å². The van der Waals surface area contributed by atoms with Gasteiger partial charge in [-0.25, -0.2) is 4.39 Å². The van der Waals surface area contributed by atoms with E-state index in [1.807, 2.05) is 18.2 Å². The van der Waals surface area contributed by atoms with Crippen molar-refractivity contribution in [2.45, 2.75) is 25.4 Å². The summed E-state index contributed by atoms with van der Waals surface area (Å²) in [5.74, 6) is -0.0738. The van der Waals surface area contributed by atoms with Gasteiger partial charge in [0.15, 0.2) is 11.2 Å². The van der Waals surface area contributed by atoms with E-state index in [9.17, 15) is 9.18 Å². The van der Waals surface area contributed by atoms with Gasteiger partial charge in [0, 0.05) is 11.3 Å². The number of aryl methyl sites for hydroxylation is 1. The van der Waals surface area contributed by atoms with Crippen LogP contribution in [0, 0.1) is 5.82 Å². The van der Waals surface area contributed by atoms with Gasteiger partial charge in [0.25, 0.3) is 5.91 Å². The van der Waals surface area contributed by atoms with Gasteiger partial charge in [0.2, 0.25) is 0 Å². The number of nitrogens with one attached hydrogen (secondary N) is 2. The highest BCUT2D eigenvalue weighted by molar-refractivity contribution is 9.10. The van der Waals surface area contributed by atoms with Crippen molar-refractivity contribution in [3.05, 3.63) is 97.6 Å². The van der Waals surface area contributed by atoms with Crippen molar-refractivity contribution in [3.8, 4) is 5.75 Å². The topological polar surface area (TPSA) is 50.4 Å². The Morgan fingerprint density at radius 2 is 1.97 bits per heavy atom. The molecule has 0 spiro atoms. The molecule has 0 unspecified atom stereocenters. The molecule has 4 rings (SSSR count). The number of hydrogen-bond donors (Lipinski definition) is 2. The molecule has 33 heavy (non-hydrogen) atoms. The van der Waals surface area contributed by atoms with E-state index >= 15 is 0 Å². The molecular formula is C25H21BrClFN2O2S. The highest BCUT2D eigenvalue weighted by Gasteiger charge is 2.27. The molecule has 2 N–H and O–H groups in total. The van der Waals surface area contributed by atoms with Crippen LogP contribution in [0.25, 0.3) is 6.08 Å². The number of rotatable bonds is 7. The fourth-order valence-corrected chi connectivity index (χ4v) is 5.24. The second-order valence-electron chi connectivity index (χ2n) is 7.37. The molecule has 1 atom stereocenters. The third-order valence-electron chi connectivity index (χ3n) is 5.04. The minimum Gasteiger partial charge on any atom is -0.486 e. The lowest BCUT2D eigenvalue weighted by Crippen LogP contribution is -2.30. The number of hydrogen-bond acceptors (Lipinski definition) is 4. The summed E-state index contributed by atoms with van der Waals surface area (Å²) in [6.07, 6.45) is 2.76. The molecule has 4 nitrogen and oxygen atoms in total. The Hall–Kier alpha value is -2.48. The molecule has 8 heteroatoms. The molecule has 1 aliphatic rings. The van der Waals surface area contributed by atoms with E-state index in [1.54, 1.807) is 30.3 Å². The number of anilines is 1. The number of thioether (sulfide) groups is 1. The number of carbonyl (C=O) groups is 1. The highest BCUT2D eigenvalue weighted by Crippen LogP contribution is 2.37. The Morgan fingerprint density at radius 3 is 2.67 bits per heavy atom. The summed E-state index contributed by atoms with van der Waals surface area (Å²) in [6.45, 7) is 2.16. The van der Waals surface area contributed by atoms with E-state index in [2.05, 4.69) is 45.6 Å². The van der Waals surface area contributed by atoms with Gasteiger partial charge in [-0.3, -0.25) is 4.79 Å². The third-order valence-corrected chi connectivity index (χ3v) is 6.94. The second kappa shape index (κ2) is 10.6. The SMILES string of the molecule is CCc1ccc(N[C@@H]2NC(=O)/C(=C/c3cc(Cl)c(OCc4ccccc4F)c(Br)c3)S2)cc1. The van der Waals surface area contributed by atoms with Gasteiger partial charge in [-0.05, 0) is 69.9 Å². The summed E-state index contributed by atoms with van der Waals surface area (Å²) in [5.41, 5.74) is 3.12. The summed E-state index contributed by atoms with van der Waals surface area (Å²) in [7, 11) is 0. The predicted molar refractivity (Wildman–Crippen MR) is 137 cm³/mol. The molecule has 170 valence electrons. The van der Waals surface area contributed by atoms with Crippen molar-refractivity contribution in [2.24, 2.45) is 0 Å². The first-order valence-corrected chi connectivity index (χ1v) is 12.4. The minimum absolute atomic E-state index is 0.0519. The Bertz CT molecular complexity index is 1180. The van der Waals surface area contributed by atoms with Gasteiger partial charge in [-0.15, -0.1) is 0 Å². The van der Waals surface area contributed by atoms with Crippen LogP contribution >= 0.6 is 39.3 Å². The van der Waals surface area contributed by atoms with Gasteiger partial charge < -0.3 is 15.4 Å². The maximum atomic E-state index is 13.8. The molecular weight excluding hydrogens is 527 g/mol. The average molecular weight is 548 g/mol. The first-order chi connectivity index (χ1) is 15.9. The first-order valence-electron chi connectivity index (χ1n) is 10.3. The van der Waals surface area contributed by atoms with Gasteiger partial charge in [0.05, 0.1) is 14.4 Å². The van der Waals surface area contributed by atoms with Crippen molar-refractivity contribution in [1.29, 1.82) is 0 Å². The van der Waals surface area contributed by atoms with E-state index in [0.29, 0.717) is 25.7 Å². The molecule has 1 amide bonds. The van der Waals surface area contributed by atoms with Crippen molar-refractivity contribution >= 4 is 57.0 Å². The Labute approximate surface area is 209 Å². The van der Waals surface area contributed by atoms with Crippen LogP contribution in [-0.2, 0) is 17.8 Å². The van der Waals surface area contributed by atoms with E-state index in [0.717, 1.165) is 17.7 Å². The lowest BCUT2D eigenvalue weighted by atomic mass is 10.1. The number of ether oxygens (including phenoxy) is 1. The predicted octanol–water partition coefficient (Wildman–Crippen LogP) is 6.98. The lowest BCUT2D eigenvalue weighted by molar-refractivity contribution is -0.116. The smallest absolute Gasteiger partial charge is 0.260 e. The molecule has 0 aromatic heterocycles. The zero-order valence-corrected chi connectivity index (χ0v) is 20.9. The molecule has 3 aromatic rings. The molecule has 0 radical (unpaired) electrons. The summed E-state index contributed by atoms with van der Waals surface area (Å²) >= 11 is 11.3. The summed E-state index contributed by atoms with van der Waals surface area (Å²) in [4.78, 5) is 13.0. The highest BCUT2D eigenvalue weighted by atomic mass is 79.9. The van der Waals surface area contributed by atoms with E-state index in [4.69, 9.17) is 16.3 Å². The molecule has 1 saturated heterocycles. The average Bonchev–Trinajstić information content (AvgIpc) is 3.13. The number of benzene rings is 3. The van der Waals surface area contributed by atoms with Gasteiger partial charge in [-0.2, -0.15) is 0 Å². The number of carbonyl (C=O) groups excluding carboxylic acids is 1. The van der Waals surface area contributed by atoms with E-state index in [-0.39, 0.29) is 23.8 Å². The van der Waals surface area contributed by atoms with Crippen LogP contribution in [-0.4, -0.2) is 11.4 Å². The largest absolute Gasteiger partial charge is 0.486 e. The Morgan fingerprint density at radius 1 is 1.21 bits per heavy atom. The van der Waals surface area contributed by atoms with Crippen molar-refractivity contribution < 1.29 is 13.9 Å². The first kappa shape index (κ1) is 23.7. The van der Waals surface area contributed by atoms with E-state index in [1.165, 1.54) is 23.4 Å². The van der Waals surface area contributed by atoms with Crippen LogP contribution < -0.4 is 15.4 Å². The third kappa shape index (κ3) is 5.91. The molecule has 3 aromatic carbocycles. The van der Waals surface area contributed by atoms with Crippen molar-refractivity contribution in [1.82, 2.24) is 5.32 Å². The quantitative estimate of drug-likeness (QED) is 0.313. The molecule has 0 aliphatic carbocycles. The monoisotopic (exact) mass is 546 g/mol. The zero-order valence-electron chi connectivity index (χ0n) is 17.7. The summed E-state index contributed by atoms with van der Waals surface area (Å²) in [6, 6.07) is 18.1. The van der Waals surface area contributed by atoms with E-state index < -0.39 is 0 Å². The summed E-state index contributed by atoms with van der Waals surface area (Å²) < 4.78 is 20.2. The zero-order chi connectivity index (χ0) is 23.4. The van der Waals surface area contributed by atoms with Gasteiger partial charge in [-0.1, -0.05) is 60.6 Å². The van der Waals surface area contributed by atoms with Crippen LogP contribution in [0.2, 0.25) is 5.02 Å². The van der Waals surface area contributed by atoms with Crippen LogP contribution in [0.15, 0.2) is 70.0 Å². The maximum Gasteiger partial charge on any atom is 0.260 e. The van der Waals surface area contributed by atoms with Crippen LogP contribution in [0.4, 0.5) is 10.1 Å².